The molecule has 1 spiro atoms. The molecular formula is C19H20F2N4. The molecule has 2 aromatic rings. The Morgan fingerprint density at radius 2 is 1.72 bits per heavy atom. The summed E-state index contributed by atoms with van der Waals surface area (Å²) in [5.74, 6) is -0.344. The highest BCUT2D eigenvalue weighted by atomic mass is 19.1. The van der Waals surface area contributed by atoms with Gasteiger partial charge < -0.3 is 16.0 Å². The summed E-state index contributed by atoms with van der Waals surface area (Å²) in [6, 6.07) is 11.8. The first kappa shape index (κ1) is 16.0. The Balaban J connectivity index is 1.66. The van der Waals surface area contributed by atoms with Crippen LogP contribution in [0.15, 0.2) is 47.5 Å². The molecule has 4 rings (SSSR count). The molecule has 6 heteroatoms. The number of hydrogen-bond acceptors (Lipinski definition) is 4. The number of para-hydroxylation sites is 2. The summed E-state index contributed by atoms with van der Waals surface area (Å²) in [4.78, 5) is 4.77. The van der Waals surface area contributed by atoms with Crippen molar-refractivity contribution in [3.05, 3.63) is 59.7 Å². The van der Waals surface area contributed by atoms with Crippen LogP contribution in [0.1, 0.15) is 18.4 Å². The summed E-state index contributed by atoms with van der Waals surface area (Å²) < 4.78 is 27.9. The van der Waals surface area contributed by atoms with Crippen LogP contribution in [0.2, 0.25) is 0 Å². The molecule has 0 saturated carbocycles. The molecule has 0 atom stereocenters. The van der Waals surface area contributed by atoms with E-state index in [4.69, 9.17) is 4.99 Å². The molecule has 2 aliphatic heterocycles. The summed E-state index contributed by atoms with van der Waals surface area (Å²) in [6.45, 7) is 1.80. The van der Waals surface area contributed by atoms with E-state index in [9.17, 15) is 8.78 Å². The molecule has 0 unspecified atom stereocenters. The summed E-state index contributed by atoms with van der Waals surface area (Å²) in [6.07, 6.45) is 1.71. The maximum atomic E-state index is 13.9. The lowest BCUT2D eigenvalue weighted by Crippen LogP contribution is -2.58. The Morgan fingerprint density at radius 1 is 1.00 bits per heavy atom. The number of fused-ring (bicyclic) bond motifs is 1. The fourth-order valence-corrected chi connectivity index (χ4v) is 3.52. The van der Waals surface area contributed by atoms with E-state index < -0.39 is 11.6 Å². The van der Waals surface area contributed by atoms with Gasteiger partial charge in [0.2, 0.25) is 0 Å². The van der Waals surface area contributed by atoms with E-state index in [1.165, 1.54) is 18.2 Å². The van der Waals surface area contributed by atoms with Gasteiger partial charge in [0, 0.05) is 12.1 Å². The molecule has 1 fully saturated rings. The minimum absolute atomic E-state index is 0.0353. The van der Waals surface area contributed by atoms with Crippen molar-refractivity contribution in [3.63, 3.8) is 0 Å². The molecule has 3 N–H and O–H groups in total. The third-order valence-electron chi connectivity index (χ3n) is 4.91. The third kappa shape index (κ3) is 2.98. The number of hydrogen-bond donors (Lipinski definition) is 3. The van der Waals surface area contributed by atoms with Crippen LogP contribution < -0.4 is 16.0 Å². The molecule has 130 valence electrons. The minimum atomic E-state index is -0.545. The quantitative estimate of drug-likeness (QED) is 0.785. The van der Waals surface area contributed by atoms with Gasteiger partial charge in [0.05, 0.1) is 16.9 Å². The molecule has 0 aliphatic carbocycles. The Bertz CT molecular complexity index is 793. The van der Waals surface area contributed by atoms with E-state index in [0.29, 0.717) is 0 Å². The van der Waals surface area contributed by atoms with Gasteiger partial charge in [0.1, 0.15) is 17.5 Å². The number of halogens is 2. The van der Waals surface area contributed by atoms with Crippen molar-refractivity contribution in [3.8, 4) is 0 Å². The molecule has 0 amide bonds. The molecule has 2 aromatic carbocycles. The van der Waals surface area contributed by atoms with Crippen molar-refractivity contribution in [2.45, 2.75) is 24.9 Å². The van der Waals surface area contributed by atoms with Crippen LogP contribution >= 0.6 is 0 Å². The predicted octanol–water partition coefficient (Wildman–Crippen LogP) is 3.33. The highest BCUT2D eigenvalue weighted by Gasteiger charge is 2.40. The van der Waals surface area contributed by atoms with E-state index in [0.717, 1.165) is 43.1 Å². The number of aliphatic imine (C=N–C) groups is 1. The average Bonchev–Trinajstić information content (AvgIpc) is 2.62. The SMILES string of the molecule is Fc1cccc(F)c1CNC1=Nc2ccccc2NC12CCNCC2. The standard InChI is InChI=1S/C19H20F2N4/c20-14-4-3-5-15(21)13(14)12-23-18-19(8-10-22-11-9-19)25-17-7-2-1-6-16(17)24-18/h1-7,22,25H,8-12H2,(H,23,24). The zero-order chi connectivity index (χ0) is 17.3. The van der Waals surface area contributed by atoms with E-state index in [1.807, 2.05) is 24.3 Å². The van der Waals surface area contributed by atoms with Crippen LogP contribution in [0.5, 0.6) is 0 Å². The molecule has 1 saturated heterocycles. The van der Waals surface area contributed by atoms with Gasteiger partial charge in [0.15, 0.2) is 0 Å². The zero-order valence-corrected chi connectivity index (χ0v) is 13.8. The molecule has 2 heterocycles. The van der Waals surface area contributed by atoms with Gasteiger partial charge in [-0.15, -0.1) is 0 Å². The first-order valence-electron chi connectivity index (χ1n) is 8.52. The van der Waals surface area contributed by atoms with E-state index in [-0.39, 0.29) is 17.6 Å². The Labute approximate surface area is 145 Å². The molecule has 2 aliphatic rings. The molecule has 25 heavy (non-hydrogen) atoms. The molecular weight excluding hydrogens is 322 g/mol. The van der Waals surface area contributed by atoms with Crippen LogP contribution in [0.4, 0.5) is 20.2 Å². The fraction of sp³-hybridized carbons (Fsp3) is 0.316. The first-order chi connectivity index (χ1) is 12.2. The second-order valence-electron chi connectivity index (χ2n) is 6.49. The van der Waals surface area contributed by atoms with Gasteiger partial charge in [-0.05, 0) is 50.2 Å². The maximum absolute atomic E-state index is 13.9. The van der Waals surface area contributed by atoms with Crippen LogP contribution in [0.25, 0.3) is 0 Å². The number of nitrogens with one attached hydrogen (secondary N) is 3. The van der Waals surface area contributed by atoms with Crippen molar-refractivity contribution in [1.29, 1.82) is 0 Å². The largest absolute Gasteiger partial charge is 0.371 e. The smallest absolute Gasteiger partial charge is 0.131 e. The lowest BCUT2D eigenvalue weighted by Gasteiger charge is -2.43. The Kier molecular flexibility index (Phi) is 4.13. The van der Waals surface area contributed by atoms with Gasteiger partial charge in [-0.3, -0.25) is 0 Å². The minimum Gasteiger partial charge on any atom is -0.371 e. The van der Waals surface area contributed by atoms with E-state index in [1.54, 1.807) is 0 Å². The Morgan fingerprint density at radius 3 is 2.48 bits per heavy atom. The summed E-state index contributed by atoms with van der Waals surface area (Å²) in [7, 11) is 0. The highest BCUT2D eigenvalue weighted by molar-refractivity contribution is 6.00. The average molecular weight is 342 g/mol. The van der Waals surface area contributed by atoms with Crippen molar-refractivity contribution in [2.75, 3.05) is 18.4 Å². The van der Waals surface area contributed by atoms with Crippen LogP contribution in [-0.2, 0) is 6.54 Å². The number of benzene rings is 2. The summed E-state index contributed by atoms with van der Waals surface area (Å²) in [5.41, 5.74) is 1.53. The topological polar surface area (TPSA) is 48.5 Å². The monoisotopic (exact) mass is 342 g/mol. The predicted molar refractivity (Wildman–Crippen MR) is 95.2 cm³/mol. The third-order valence-corrected chi connectivity index (χ3v) is 4.91. The maximum Gasteiger partial charge on any atom is 0.131 e. The Hall–Kier alpha value is -2.47. The zero-order valence-electron chi connectivity index (χ0n) is 13.8. The summed E-state index contributed by atoms with van der Waals surface area (Å²) in [5, 5.41) is 10.2. The van der Waals surface area contributed by atoms with Crippen LogP contribution in [-0.4, -0.2) is 24.5 Å². The van der Waals surface area contributed by atoms with E-state index in [2.05, 4.69) is 16.0 Å². The molecule has 4 nitrogen and oxygen atoms in total. The van der Waals surface area contributed by atoms with Gasteiger partial charge >= 0.3 is 0 Å². The normalized spacial score (nSPS) is 18.2. The fourth-order valence-electron chi connectivity index (χ4n) is 3.52. The number of piperidine rings is 1. The number of amidine groups is 1. The van der Waals surface area contributed by atoms with Crippen molar-refractivity contribution >= 4 is 17.2 Å². The molecule has 0 bridgehead atoms. The van der Waals surface area contributed by atoms with Crippen LogP contribution in [0, 0.1) is 11.6 Å². The van der Waals surface area contributed by atoms with Crippen molar-refractivity contribution < 1.29 is 8.78 Å². The highest BCUT2D eigenvalue weighted by Crippen LogP contribution is 2.36. The van der Waals surface area contributed by atoms with Gasteiger partial charge in [-0.25, -0.2) is 13.8 Å². The number of anilines is 1. The van der Waals surface area contributed by atoms with E-state index >= 15 is 0 Å². The number of nitrogens with zero attached hydrogens (tertiary/aromatic N) is 1. The van der Waals surface area contributed by atoms with Gasteiger partial charge in [-0.2, -0.15) is 0 Å². The summed E-state index contributed by atoms with van der Waals surface area (Å²) >= 11 is 0. The molecule has 0 aromatic heterocycles. The van der Waals surface area contributed by atoms with Crippen LogP contribution in [0.3, 0.4) is 0 Å². The van der Waals surface area contributed by atoms with Gasteiger partial charge in [0.25, 0.3) is 0 Å². The van der Waals surface area contributed by atoms with Crippen molar-refractivity contribution in [2.24, 2.45) is 4.99 Å². The van der Waals surface area contributed by atoms with Gasteiger partial charge in [-0.1, -0.05) is 18.2 Å². The lowest BCUT2D eigenvalue weighted by atomic mass is 9.85. The second-order valence-corrected chi connectivity index (χ2v) is 6.49. The number of rotatable bonds is 2. The first-order valence-corrected chi connectivity index (χ1v) is 8.52. The lowest BCUT2D eigenvalue weighted by molar-refractivity contribution is 0.411. The molecule has 0 radical (unpaired) electrons. The van der Waals surface area contributed by atoms with Crippen molar-refractivity contribution in [1.82, 2.24) is 10.6 Å². The second kappa shape index (κ2) is 6.44.